The van der Waals surface area contributed by atoms with E-state index in [1.54, 1.807) is 82.2 Å². The highest BCUT2D eigenvalue weighted by molar-refractivity contribution is 5.79. The molecule has 5 rings (SSSR count). The third kappa shape index (κ3) is 4.62. The second kappa shape index (κ2) is 9.89. The second-order valence-corrected chi connectivity index (χ2v) is 8.10. The average Bonchev–Trinajstić information content (AvgIpc) is 3.20. The number of nitrogens with one attached hydrogen (secondary N) is 1. The molecule has 1 atom stereocenters. The van der Waals surface area contributed by atoms with Gasteiger partial charge in [0.25, 0.3) is 0 Å². The highest BCUT2D eigenvalue weighted by atomic mass is 19.1. The maximum absolute atomic E-state index is 13.7. The van der Waals surface area contributed by atoms with Crippen molar-refractivity contribution in [2.45, 2.75) is 12.8 Å². The Balaban J connectivity index is 1.48. The lowest BCUT2D eigenvalue weighted by atomic mass is 10.2. The first kappa shape index (κ1) is 23.1. The lowest BCUT2D eigenvalue weighted by molar-refractivity contribution is 0.253. The topological polar surface area (TPSA) is 81.3 Å². The number of pyridine rings is 1. The van der Waals surface area contributed by atoms with Crippen LogP contribution in [0, 0.1) is 5.82 Å². The monoisotopic (exact) mass is 482 g/mol. The molecule has 0 amide bonds. The molecule has 0 spiro atoms. The molecule has 0 saturated carbocycles. The van der Waals surface area contributed by atoms with Gasteiger partial charge in [0, 0.05) is 11.9 Å². The quantitative estimate of drug-likeness (QED) is 0.245. The van der Waals surface area contributed by atoms with Gasteiger partial charge in [-0.3, -0.25) is 14.1 Å². The van der Waals surface area contributed by atoms with Gasteiger partial charge in [-0.25, -0.2) is 9.18 Å². The molecule has 8 heteroatoms. The lowest BCUT2D eigenvalue weighted by Gasteiger charge is -2.11. The van der Waals surface area contributed by atoms with Crippen molar-refractivity contribution < 1.29 is 14.2 Å². The van der Waals surface area contributed by atoms with Crippen molar-refractivity contribution in [3.05, 3.63) is 126 Å². The van der Waals surface area contributed by atoms with Gasteiger partial charge in [-0.1, -0.05) is 24.8 Å². The molecule has 2 N–H and O–H groups in total. The van der Waals surface area contributed by atoms with Crippen molar-refractivity contribution >= 4 is 16.7 Å². The number of benzene rings is 3. The molecular weight excluding hydrogens is 459 g/mol. The van der Waals surface area contributed by atoms with Gasteiger partial charge in [-0.2, -0.15) is 0 Å². The van der Waals surface area contributed by atoms with Crippen molar-refractivity contribution in [2.75, 3.05) is 5.32 Å². The molecule has 5 aromatic rings. The van der Waals surface area contributed by atoms with E-state index in [4.69, 9.17) is 4.74 Å². The first-order chi connectivity index (χ1) is 17.5. The van der Waals surface area contributed by atoms with Crippen LogP contribution in [0.25, 0.3) is 22.4 Å². The van der Waals surface area contributed by atoms with Crippen molar-refractivity contribution in [3.8, 4) is 17.1 Å². The van der Waals surface area contributed by atoms with E-state index in [-0.39, 0.29) is 11.5 Å². The lowest BCUT2D eigenvalue weighted by Crippen LogP contribution is -2.22. The minimum Gasteiger partial charge on any atom is -0.489 e. The van der Waals surface area contributed by atoms with Gasteiger partial charge in [-0.05, 0) is 72.3 Å². The number of anilines is 1. The summed E-state index contributed by atoms with van der Waals surface area (Å²) in [5, 5.41) is 12.8. The highest BCUT2D eigenvalue weighted by Crippen LogP contribution is 2.23. The molecule has 0 bridgehead atoms. The maximum Gasteiger partial charge on any atom is 0.338 e. The van der Waals surface area contributed by atoms with Crippen molar-refractivity contribution in [2.24, 2.45) is 0 Å². The molecule has 0 radical (unpaired) electrons. The number of hydrogen-bond acceptors (Lipinski definition) is 5. The zero-order valence-corrected chi connectivity index (χ0v) is 19.2. The predicted molar refractivity (Wildman–Crippen MR) is 137 cm³/mol. The van der Waals surface area contributed by atoms with Crippen LogP contribution >= 0.6 is 0 Å². The Morgan fingerprint density at radius 3 is 2.50 bits per heavy atom. The molecule has 36 heavy (non-hydrogen) atoms. The molecule has 2 heterocycles. The largest absolute Gasteiger partial charge is 0.489 e. The van der Waals surface area contributed by atoms with Crippen LogP contribution in [0.4, 0.5) is 10.1 Å². The SMILES string of the molecule is C=CC(O)Nc1cccc(-n2c(=O)n(-c3ccc(OCc4ccc(F)cc4)cc3)c3cnccc32)c1. The summed E-state index contributed by atoms with van der Waals surface area (Å²) < 4.78 is 22.1. The Kier molecular flexibility index (Phi) is 6.34. The van der Waals surface area contributed by atoms with E-state index in [1.165, 1.54) is 18.2 Å². The molecule has 7 nitrogen and oxygen atoms in total. The predicted octanol–water partition coefficient (Wildman–Crippen LogP) is 4.81. The fourth-order valence-corrected chi connectivity index (χ4v) is 3.95. The normalized spacial score (nSPS) is 11.8. The molecule has 3 aromatic carbocycles. The van der Waals surface area contributed by atoms with Crippen LogP contribution in [-0.2, 0) is 6.61 Å². The second-order valence-electron chi connectivity index (χ2n) is 8.10. The highest BCUT2D eigenvalue weighted by Gasteiger charge is 2.16. The summed E-state index contributed by atoms with van der Waals surface area (Å²) in [6, 6.07) is 22.3. The van der Waals surface area contributed by atoms with E-state index >= 15 is 0 Å². The third-order valence-electron chi connectivity index (χ3n) is 5.70. The summed E-state index contributed by atoms with van der Waals surface area (Å²) in [6.07, 6.45) is 3.75. The van der Waals surface area contributed by atoms with Gasteiger partial charge >= 0.3 is 5.69 Å². The summed E-state index contributed by atoms with van der Waals surface area (Å²) in [4.78, 5) is 17.9. The number of aliphatic hydroxyl groups excluding tert-OH is 1. The van der Waals surface area contributed by atoms with Crippen LogP contribution in [0.5, 0.6) is 5.75 Å². The third-order valence-corrected chi connectivity index (χ3v) is 5.70. The Bertz CT molecular complexity index is 1570. The average molecular weight is 483 g/mol. The van der Waals surface area contributed by atoms with E-state index in [2.05, 4.69) is 16.9 Å². The molecule has 1 unspecified atom stereocenters. The molecule has 0 saturated heterocycles. The van der Waals surface area contributed by atoms with Crippen LogP contribution in [0.2, 0.25) is 0 Å². The number of hydrogen-bond donors (Lipinski definition) is 2. The van der Waals surface area contributed by atoms with Crippen molar-refractivity contribution in [1.82, 2.24) is 14.1 Å². The fraction of sp³-hybridized carbons (Fsp3) is 0.0714. The number of rotatable bonds is 8. The van der Waals surface area contributed by atoms with Gasteiger partial charge < -0.3 is 15.2 Å². The fourth-order valence-electron chi connectivity index (χ4n) is 3.95. The molecule has 2 aromatic heterocycles. The van der Waals surface area contributed by atoms with Gasteiger partial charge in [0.2, 0.25) is 0 Å². The van der Waals surface area contributed by atoms with Crippen LogP contribution < -0.4 is 15.7 Å². The van der Waals surface area contributed by atoms with Crippen LogP contribution in [0.3, 0.4) is 0 Å². The summed E-state index contributed by atoms with van der Waals surface area (Å²) in [5.41, 5.74) is 3.85. The number of aliphatic hydroxyl groups is 1. The summed E-state index contributed by atoms with van der Waals surface area (Å²) in [5.74, 6) is 0.331. The number of aromatic nitrogens is 3. The first-order valence-corrected chi connectivity index (χ1v) is 11.3. The summed E-state index contributed by atoms with van der Waals surface area (Å²) in [7, 11) is 0. The minimum atomic E-state index is -0.911. The van der Waals surface area contributed by atoms with Gasteiger partial charge in [0.05, 0.1) is 28.6 Å². The molecular formula is C28H23FN4O3. The van der Waals surface area contributed by atoms with E-state index in [9.17, 15) is 14.3 Å². The van der Waals surface area contributed by atoms with Gasteiger partial charge in [0.1, 0.15) is 24.4 Å². The van der Waals surface area contributed by atoms with E-state index < -0.39 is 6.23 Å². The van der Waals surface area contributed by atoms with E-state index in [0.717, 1.165) is 5.56 Å². The van der Waals surface area contributed by atoms with Gasteiger partial charge in [0.15, 0.2) is 0 Å². The van der Waals surface area contributed by atoms with E-state index in [0.29, 0.717) is 40.5 Å². The number of halogens is 1. The van der Waals surface area contributed by atoms with Crippen LogP contribution in [-0.4, -0.2) is 25.5 Å². The number of nitrogens with zero attached hydrogens (tertiary/aromatic N) is 3. The zero-order chi connectivity index (χ0) is 25.1. The molecule has 0 aliphatic heterocycles. The Morgan fingerprint density at radius 2 is 1.75 bits per heavy atom. The molecule has 180 valence electrons. The summed E-state index contributed by atoms with van der Waals surface area (Å²) >= 11 is 0. The number of imidazole rings is 1. The van der Waals surface area contributed by atoms with Gasteiger partial charge in [-0.15, -0.1) is 0 Å². The Hall–Kier alpha value is -4.69. The number of ether oxygens (including phenoxy) is 1. The minimum absolute atomic E-state index is 0.264. The van der Waals surface area contributed by atoms with Crippen LogP contribution in [0.1, 0.15) is 5.56 Å². The number of fused-ring (bicyclic) bond motifs is 1. The first-order valence-electron chi connectivity index (χ1n) is 11.3. The summed E-state index contributed by atoms with van der Waals surface area (Å²) in [6.45, 7) is 3.86. The zero-order valence-electron chi connectivity index (χ0n) is 19.2. The Labute approximate surface area is 206 Å². The van der Waals surface area contributed by atoms with Crippen molar-refractivity contribution in [3.63, 3.8) is 0 Å². The maximum atomic E-state index is 13.7. The van der Waals surface area contributed by atoms with Crippen molar-refractivity contribution in [1.29, 1.82) is 0 Å². The molecule has 0 fully saturated rings. The van der Waals surface area contributed by atoms with Crippen LogP contribution in [0.15, 0.2) is 109 Å². The Morgan fingerprint density at radius 1 is 1.00 bits per heavy atom. The van der Waals surface area contributed by atoms with E-state index in [1.807, 2.05) is 6.07 Å². The molecule has 0 aliphatic rings. The molecule has 0 aliphatic carbocycles. The standard InChI is InChI=1S/C28H23FN4O3/c1-2-27(34)31-21-4-3-5-23(16-21)33-25-14-15-30-17-26(25)32(28(33)35)22-10-12-24(13-11-22)36-18-19-6-8-20(29)9-7-19/h2-17,27,31,34H,1,18H2. The smallest absolute Gasteiger partial charge is 0.338 e.